The van der Waals surface area contributed by atoms with Crippen LogP contribution < -0.4 is 4.74 Å². The monoisotopic (exact) mass is 524 g/mol. The van der Waals surface area contributed by atoms with Crippen molar-refractivity contribution in [1.29, 1.82) is 0 Å². The van der Waals surface area contributed by atoms with Gasteiger partial charge in [-0.05, 0) is 71.8 Å². The van der Waals surface area contributed by atoms with Gasteiger partial charge in [-0.25, -0.2) is 22.0 Å². The number of hydrogen-bond acceptors (Lipinski definition) is 1. The van der Waals surface area contributed by atoms with Crippen molar-refractivity contribution in [3.63, 3.8) is 0 Å². The maximum Gasteiger partial charge on any atom is 0.426 e. The molecular formula is C28H20F8O. The van der Waals surface area contributed by atoms with Crippen LogP contribution in [0.1, 0.15) is 37.3 Å². The maximum absolute atomic E-state index is 14.8. The third kappa shape index (κ3) is 5.26. The van der Waals surface area contributed by atoms with Crippen LogP contribution in [0.3, 0.4) is 0 Å². The number of unbranched alkanes of at least 4 members (excludes halogenated alkanes) is 2. The fourth-order valence-corrected chi connectivity index (χ4v) is 4.02. The first-order valence-electron chi connectivity index (χ1n) is 11.4. The highest BCUT2D eigenvalue weighted by atomic mass is 19.3. The summed E-state index contributed by atoms with van der Waals surface area (Å²) in [6.07, 6.45) is -0.365. The lowest BCUT2D eigenvalue weighted by Crippen LogP contribution is -2.22. The molecule has 0 atom stereocenters. The molecule has 0 radical (unpaired) electrons. The van der Waals surface area contributed by atoms with Gasteiger partial charge in [0, 0.05) is 5.56 Å². The van der Waals surface area contributed by atoms with E-state index in [0.717, 1.165) is 55.2 Å². The molecule has 0 saturated heterocycles. The fraction of sp³-hybridized carbons (Fsp3) is 0.214. The molecule has 0 bridgehead atoms. The molecule has 4 aromatic carbocycles. The summed E-state index contributed by atoms with van der Waals surface area (Å²) in [5.41, 5.74) is -0.664. The van der Waals surface area contributed by atoms with Crippen LogP contribution in [0.25, 0.3) is 21.9 Å². The lowest BCUT2D eigenvalue weighted by molar-refractivity contribution is -0.187. The van der Waals surface area contributed by atoms with Crippen molar-refractivity contribution in [2.45, 2.75) is 38.7 Å². The SMILES string of the molecule is CCCCCc1ccc(C(F)(F)Oc2ccc(-c3cc(F)c4c(F)c(F)c(F)cc4c3)c(F)c2F)cc1. The molecule has 9 heteroatoms. The van der Waals surface area contributed by atoms with Crippen LogP contribution in [-0.4, -0.2) is 0 Å². The number of benzene rings is 4. The second kappa shape index (κ2) is 10.4. The van der Waals surface area contributed by atoms with Gasteiger partial charge in [0.15, 0.2) is 29.0 Å². The van der Waals surface area contributed by atoms with Gasteiger partial charge in [-0.15, -0.1) is 0 Å². The normalized spacial score (nSPS) is 11.8. The van der Waals surface area contributed by atoms with Crippen molar-refractivity contribution in [3.8, 4) is 16.9 Å². The summed E-state index contributed by atoms with van der Waals surface area (Å²) < 4.78 is 119. The second-order valence-electron chi connectivity index (χ2n) is 8.55. The average molecular weight is 524 g/mol. The molecule has 0 saturated carbocycles. The van der Waals surface area contributed by atoms with E-state index in [-0.39, 0.29) is 5.56 Å². The van der Waals surface area contributed by atoms with E-state index in [4.69, 9.17) is 0 Å². The summed E-state index contributed by atoms with van der Waals surface area (Å²) in [6.45, 7) is 2.04. The first-order chi connectivity index (χ1) is 17.5. The molecule has 0 heterocycles. The third-order valence-corrected chi connectivity index (χ3v) is 5.98. The molecule has 0 aliphatic carbocycles. The summed E-state index contributed by atoms with van der Waals surface area (Å²) in [5, 5.41) is -1.32. The zero-order valence-corrected chi connectivity index (χ0v) is 19.5. The van der Waals surface area contributed by atoms with Crippen LogP contribution in [0, 0.1) is 34.9 Å². The van der Waals surface area contributed by atoms with Gasteiger partial charge in [-0.1, -0.05) is 31.9 Å². The first kappa shape index (κ1) is 26.4. The molecular weight excluding hydrogens is 504 g/mol. The molecule has 37 heavy (non-hydrogen) atoms. The number of hydrogen-bond donors (Lipinski definition) is 0. The van der Waals surface area contributed by atoms with Crippen LogP contribution in [0.2, 0.25) is 0 Å². The van der Waals surface area contributed by atoms with Gasteiger partial charge in [0.2, 0.25) is 5.82 Å². The lowest BCUT2D eigenvalue weighted by Gasteiger charge is -2.19. The van der Waals surface area contributed by atoms with Crippen molar-refractivity contribution >= 4 is 10.8 Å². The van der Waals surface area contributed by atoms with Crippen LogP contribution in [-0.2, 0) is 12.5 Å². The Hall–Kier alpha value is -3.62. The standard InChI is InChI=1S/C28H20F8O/c1-2-3-4-5-15-6-8-18(9-7-15)28(35,36)37-22-11-10-19(24(31)26(22)33)16-12-17-14-21(30)25(32)27(34)23(17)20(29)13-16/h6-14H,2-5H2,1H3. The Balaban J connectivity index is 1.63. The second-order valence-corrected chi connectivity index (χ2v) is 8.55. The minimum Gasteiger partial charge on any atom is -0.426 e. The van der Waals surface area contributed by atoms with Crippen molar-refractivity contribution in [2.75, 3.05) is 0 Å². The van der Waals surface area contributed by atoms with Crippen molar-refractivity contribution in [3.05, 3.63) is 101 Å². The molecule has 194 valence electrons. The molecule has 4 aromatic rings. The highest BCUT2D eigenvalue weighted by molar-refractivity contribution is 5.88. The molecule has 0 amide bonds. The molecule has 0 spiro atoms. The van der Waals surface area contributed by atoms with Crippen molar-refractivity contribution < 1.29 is 39.9 Å². The molecule has 4 rings (SSSR count). The van der Waals surface area contributed by atoms with Gasteiger partial charge in [0.25, 0.3) is 0 Å². The Morgan fingerprint density at radius 1 is 0.703 bits per heavy atom. The summed E-state index contributed by atoms with van der Waals surface area (Å²) in [7, 11) is 0. The molecule has 0 aliphatic rings. The van der Waals surface area contributed by atoms with E-state index >= 15 is 0 Å². The lowest BCUT2D eigenvalue weighted by atomic mass is 9.99. The largest absolute Gasteiger partial charge is 0.426 e. The predicted octanol–water partition coefficient (Wildman–Crippen LogP) is 9.20. The molecule has 1 nitrogen and oxygen atoms in total. The number of alkyl halides is 2. The van der Waals surface area contributed by atoms with Gasteiger partial charge in [-0.3, -0.25) is 0 Å². The number of fused-ring (bicyclic) bond motifs is 1. The number of ether oxygens (including phenoxy) is 1. The molecule has 0 fully saturated rings. The minimum absolute atomic E-state index is 0.358. The minimum atomic E-state index is -4.00. The van der Waals surface area contributed by atoms with Crippen LogP contribution in [0.4, 0.5) is 35.1 Å². The van der Waals surface area contributed by atoms with E-state index in [2.05, 4.69) is 4.74 Å². The predicted molar refractivity (Wildman–Crippen MR) is 123 cm³/mol. The van der Waals surface area contributed by atoms with Crippen LogP contribution in [0.5, 0.6) is 5.75 Å². The third-order valence-electron chi connectivity index (χ3n) is 5.98. The Morgan fingerprint density at radius 3 is 2.08 bits per heavy atom. The number of aryl methyl sites for hydroxylation is 1. The first-order valence-corrected chi connectivity index (χ1v) is 11.4. The smallest absolute Gasteiger partial charge is 0.426 e. The van der Waals surface area contributed by atoms with Gasteiger partial charge in [0.05, 0.1) is 10.9 Å². The zero-order chi connectivity index (χ0) is 26.9. The quantitative estimate of drug-likeness (QED) is 0.127. The van der Waals surface area contributed by atoms with Crippen molar-refractivity contribution in [2.24, 2.45) is 0 Å². The topological polar surface area (TPSA) is 9.23 Å². The van der Waals surface area contributed by atoms with E-state index in [1.165, 1.54) is 12.1 Å². The van der Waals surface area contributed by atoms with Crippen LogP contribution >= 0.6 is 0 Å². The summed E-state index contributed by atoms with van der Waals surface area (Å²) >= 11 is 0. The summed E-state index contributed by atoms with van der Waals surface area (Å²) in [5.74, 6) is -11.1. The Bertz CT molecular complexity index is 1450. The summed E-state index contributed by atoms with van der Waals surface area (Å²) in [4.78, 5) is 0. The van der Waals surface area contributed by atoms with Gasteiger partial charge in [-0.2, -0.15) is 13.2 Å². The van der Waals surface area contributed by atoms with Crippen molar-refractivity contribution in [1.82, 2.24) is 0 Å². The summed E-state index contributed by atoms with van der Waals surface area (Å²) in [6, 6.07) is 8.90. The van der Waals surface area contributed by atoms with E-state index in [1.54, 1.807) is 0 Å². The highest BCUT2D eigenvalue weighted by Crippen LogP contribution is 2.38. The average Bonchev–Trinajstić information content (AvgIpc) is 2.85. The number of halogens is 8. The highest BCUT2D eigenvalue weighted by Gasteiger charge is 2.36. The molecule has 0 aromatic heterocycles. The molecule has 0 unspecified atom stereocenters. The Labute approximate surface area is 207 Å². The maximum atomic E-state index is 14.8. The van der Waals surface area contributed by atoms with E-state index in [9.17, 15) is 35.1 Å². The van der Waals surface area contributed by atoms with E-state index in [0.29, 0.717) is 18.6 Å². The van der Waals surface area contributed by atoms with Gasteiger partial charge < -0.3 is 4.74 Å². The van der Waals surface area contributed by atoms with E-state index < -0.39 is 68.7 Å². The number of rotatable bonds is 8. The molecule has 0 N–H and O–H groups in total. The Morgan fingerprint density at radius 2 is 1.41 bits per heavy atom. The van der Waals surface area contributed by atoms with Crippen LogP contribution in [0.15, 0.2) is 54.6 Å². The molecule has 0 aliphatic heterocycles. The van der Waals surface area contributed by atoms with Gasteiger partial charge in [0.1, 0.15) is 5.82 Å². The Kier molecular flexibility index (Phi) is 7.43. The van der Waals surface area contributed by atoms with Gasteiger partial charge >= 0.3 is 6.11 Å². The van der Waals surface area contributed by atoms with E-state index in [1.807, 2.05) is 6.92 Å². The fourth-order valence-electron chi connectivity index (χ4n) is 4.02. The zero-order valence-electron chi connectivity index (χ0n) is 19.5.